The highest BCUT2D eigenvalue weighted by atomic mass is 32.2. The Labute approximate surface area is 173 Å². The van der Waals surface area contributed by atoms with Crippen LogP contribution in [0.5, 0.6) is 0 Å². The molecule has 1 N–H and O–H groups in total. The summed E-state index contributed by atoms with van der Waals surface area (Å²) in [7, 11) is 0. The predicted molar refractivity (Wildman–Crippen MR) is 114 cm³/mol. The second-order valence-corrected chi connectivity index (χ2v) is 8.53. The molecule has 0 saturated heterocycles. The summed E-state index contributed by atoms with van der Waals surface area (Å²) in [6.45, 7) is 7.81. The minimum absolute atomic E-state index is 0.186. The minimum Gasteiger partial charge on any atom is -0.346 e. The zero-order valence-electron chi connectivity index (χ0n) is 16.4. The summed E-state index contributed by atoms with van der Waals surface area (Å²) in [5.41, 5.74) is 3.34. The second-order valence-electron chi connectivity index (χ2n) is 6.53. The van der Waals surface area contributed by atoms with Gasteiger partial charge in [0, 0.05) is 18.8 Å². The Kier molecular flexibility index (Phi) is 7.22. The number of hydrogen-bond acceptors (Lipinski definition) is 6. The lowest BCUT2D eigenvalue weighted by Crippen LogP contribution is -2.22. The van der Waals surface area contributed by atoms with Crippen molar-refractivity contribution in [3.63, 3.8) is 0 Å². The zero-order valence-corrected chi connectivity index (χ0v) is 18.1. The van der Waals surface area contributed by atoms with Crippen molar-refractivity contribution in [3.8, 4) is 0 Å². The number of benzene rings is 1. The van der Waals surface area contributed by atoms with E-state index in [0.29, 0.717) is 17.3 Å². The molecule has 0 fully saturated rings. The molecule has 1 amide bonds. The Morgan fingerprint density at radius 3 is 2.75 bits per heavy atom. The average molecular weight is 416 g/mol. The minimum atomic E-state index is -0.186. The first-order valence-corrected chi connectivity index (χ1v) is 11.2. The number of nitrogens with one attached hydrogen (secondary N) is 1. The van der Waals surface area contributed by atoms with Crippen LogP contribution in [-0.4, -0.2) is 25.7 Å². The quantitative estimate of drug-likeness (QED) is 0.525. The zero-order chi connectivity index (χ0) is 19.9. The molecule has 0 bridgehead atoms. The van der Waals surface area contributed by atoms with E-state index in [1.807, 2.05) is 37.3 Å². The Hall–Kier alpha value is -2.19. The number of carbonyl (C=O) groups is 1. The summed E-state index contributed by atoms with van der Waals surface area (Å²) < 4.78 is 2.28. The van der Waals surface area contributed by atoms with Gasteiger partial charge in [-0.05, 0) is 25.8 Å². The summed E-state index contributed by atoms with van der Waals surface area (Å²) >= 11 is 2.99. The van der Waals surface area contributed by atoms with Crippen LogP contribution in [0.3, 0.4) is 0 Å². The topological polar surface area (TPSA) is 72.7 Å². The molecule has 1 aromatic carbocycles. The number of unbranched alkanes of at least 4 members (excludes halogenated alkanes) is 1. The van der Waals surface area contributed by atoms with Gasteiger partial charge in [-0.3, -0.25) is 4.79 Å². The standard InChI is InChI=1S/C20H25N5OS2/c1-4-5-11-25-15(3)14(2)22-20(25)27-13-17-23-24-19(28-17)18(26)21-12-16-9-7-6-8-10-16/h6-10H,4-5,11-13H2,1-3H3,(H,21,26). The van der Waals surface area contributed by atoms with Crippen molar-refractivity contribution in [2.75, 3.05) is 0 Å². The number of thioether (sulfide) groups is 1. The van der Waals surface area contributed by atoms with Crippen molar-refractivity contribution in [3.05, 3.63) is 57.3 Å². The van der Waals surface area contributed by atoms with E-state index in [4.69, 9.17) is 0 Å². The lowest BCUT2D eigenvalue weighted by Gasteiger charge is -2.08. The SMILES string of the molecule is CCCCn1c(SCc2nnc(C(=O)NCc3ccccc3)s2)nc(C)c1C. The van der Waals surface area contributed by atoms with Crippen molar-refractivity contribution in [2.24, 2.45) is 0 Å². The van der Waals surface area contributed by atoms with Gasteiger partial charge in [0.05, 0.1) is 11.4 Å². The molecule has 0 radical (unpaired) electrons. The number of amides is 1. The molecular weight excluding hydrogens is 390 g/mol. The summed E-state index contributed by atoms with van der Waals surface area (Å²) in [5.74, 6) is 0.472. The number of aryl methyl sites for hydroxylation is 1. The van der Waals surface area contributed by atoms with Crippen LogP contribution in [0.4, 0.5) is 0 Å². The Morgan fingerprint density at radius 2 is 2.00 bits per heavy atom. The average Bonchev–Trinajstić information content (AvgIpc) is 3.29. The molecule has 6 nitrogen and oxygen atoms in total. The fraction of sp³-hybridized carbons (Fsp3) is 0.400. The number of nitrogens with zero attached hydrogens (tertiary/aromatic N) is 4. The van der Waals surface area contributed by atoms with Gasteiger partial charge in [-0.25, -0.2) is 4.98 Å². The van der Waals surface area contributed by atoms with E-state index < -0.39 is 0 Å². The molecule has 3 rings (SSSR count). The van der Waals surface area contributed by atoms with E-state index in [9.17, 15) is 4.79 Å². The van der Waals surface area contributed by atoms with Crippen LogP contribution in [-0.2, 0) is 18.8 Å². The van der Waals surface area contributed by atoms with Crippen LogP contribution in [0.25, 0.3) is 0 Å². The number of hydrogen-bond donors (Lipinski definition) is 1. The molecule has 0 aliphatic rings. The fourth-order valence-corrected chi connectivity index (χ4v) is 4.56. The lowest BCUT2D eigenvalue weighted by atomic mass is 10.2. The molecule has 2 aromatic heterocycles. The van der Waals surface area contributed by atoms with E-state index >= 15 is 0 Å². The van der Waals surface area contributed by atoms with Crippen molar-refractivity contribution in [1.29, 1.82) is 0 Å². The van der Waals surface area contributed by atoms with Crippen LogP contribution in [0.15, 0.2) is 35.5 Å². The third-order valence-corrected chi connectivity index (χ3v) is 6.53. The maximum atomic E-state index is 12.3. The molecular formula is C20H25N5OS2. The normalized spacial score (nSPS) is 11.0. The van der Waals surface area contributed by atoms with Crippen molar-refractivity contribution in [2.45, 2.75) is 57.6 Å². The van der Waals surface area contributed by atoms with Gasteiger partial charge in [-0.2, -0.15) is 0 Å². The Bertz CT molecular complexity index is 920. The van der Waals surface area contributed by atoms with Crippen LogP contribution < -0.4 is 5.32 Å². The first-order valence-electron chi connectivity index (χ1n) is 9.39. The second kappa shape index (κ2) is 9.84. The van der Waals surface area contributed by atoms with E-state index in [0.717, 1.165) is 40.8 Å². The highest BCUT2D eigenvalue weighted by Crippen LogP contribution is 2.26. The molecule has 28 heavy (non-hydrogen) atoms. The van der Waals surface area contributed by atoms with Gasteiger partial charge in [0.1, 0.15) is 5.01 Å². The van der Waals surface area contributed by atoms with Gasteiger partial charge in [-0.15, -0.1) is 10.2 Å². The summed E-state index contributed by atoms with van der Waals surface area (Å²) in [5, 5.41) is 13.4. The number of imidazole rings is 1. The fourth-order valence-electron chi connectivity index (χ4n) is 2.70. The van der Waals surface area contributed by atoms with Crippen LogP contribution in [0, 0.1) is 13.8 Å². The smallest absolute Gasteiger partial charge is 0.282 e. The van der Waals surface area contributed by atoms with E-state index in [-0.39, 0.29) is 5.91 Å². The molecule has 3 aromatic rings. The van der Waals surface area contributed by atoms with Gasteiger partial charge in [0.15, 0.2) is 5.16 Å². The van der Waals surface area contributed by atoms with Crippen molar-refractivity contribution < 1.29 is 4.79 Å². The maximum absolute atomic E-state index is 12.3. The number of carbonyl (C=O) groups excluding carboxylic acids is 1. The molecule has 0 atom stereocenters. The molecule has 0 saturated carbocycles. The Morgan fingerprint density at radius 1 is 1.21 bits per heavy atom. The van der Waals surface area contributed by atoms with Gasteiger partial charge < -0.3 is 9.88 Å². The Balaban J connectivity index is 1.57. The molecule has 0 aliphatic carbocycles. The predicted octanol–water partition coefficient (Wildman–Crippen LogP) is 4.37. The molecule has 0 aliphatic heterocycles. The maximum Gasteiger partial charge on any atom is 0.282 e. The third-order valence-electron chi connectivity index (χ3n) is 4.44. The van der Waals surface area contributed by atoms with Crippen molar-refractivity contribution in [1.82, 2.24) is 25.1 Å². The summed E-state index contributed by atoms with van der Waals surface area (Å²) in [6.07, 6.45) is 2.29. The van der Waals surface area contributed by atoms with E-state index in [1.165, 1.54) is 17.0 Å². The van der Waals surface area contributed by atoms with E-state index in [1.54, 1.807) is 11.8 Å². The lowest BCUT2D eigenvalue weighted by molar-refractivity contribution is 0.0950. The van der Waals surface area contributed by atoms with Crippen molar-refractivity contribution >= 4 is 29.0 Å². The molecule has 0 unspecified atom stereocenters. The summed E-state index contributed by atoms with van der Waals surface area (Å²) in [6, 6.07) is 9.82. The van der Waals surface area contributed by atoms with Crippen LogP contribution >= 0.6 is 23.1 Å². The van der Waals surface area contributed by atoms with Gasteiger partial charge in [0.2, 0.25) is 5.01 Å². The summed E-state index contributed by atoms with van der Waals surface area (Å²) in [4.78, 5) is 17.0. The largest absolute Gasteiger partial charge is 0.346 e. The highest BCUT2D eigenvalue weighted by Gasteiger charge is 2.15. The monoisotopic (exact) mass is 415 g/mol. The third kappa shape index (κ3) is 5.20. The molecule has 8 heteroatoms. The van der Waals surface area contributed by atoms with Crippen LogP contribution in [0.2, 0.25) is 0 Å². The molecule has 0 spiro atoms. The van der Waals surface area contributed by atoms with Gasteiger partial charge in [0.25, 0.3) is 5.91 Å². The van der Waals surface area contributed by atoms with Gasteiger partial charge >= 0.3 is 0 Å². The first kappa shape index (κ1) is 20.5. The number of rotatable bonds is 9. The van der Waals surface area contributed by atoms with Crippen LogP contribution in [0.1, 0.15) is 51.5 Å². The molecule has 148 valence electrons. The highest BCUT2D eigenvalue weighted by molar-refractivity contribution is 7.98. The molecule has 2 heterocycles. The van der Waals surface area contributed by atoms with E-state index in [2.05, 4.69) is 38.9 Å². The first-order chi connectivity index (χ1) is 13.6. The van der Waals surface area contributed by atoms with Gasteiger partial charge in [-0.1, -0.05) is 66.8 Å². The number of aromatic nitrogens is 4.